The lowest BCUT2D eigenvalue weighted by Crippen LogP contribution is -2.42. The zero-order chi connectivity index (χ0) is 28.0. The molecular weight excluding hydrogens is 538 g/mol. The van der Waals surface area contributed by atoms with Gasteiger partial charge in [-0.3, -0.25) is 9.78 Å². The van der Waals surface area contributed by atoms with Crippen LogP contribution in [0.3, 0.4) is 0 Å². The second-order valence-electron chi connectivity index (χ2n) is 9.82. The van der Waals surface area contributed by atoms with Gasteiger partial charge in [-0.25, -0.2) is 23.7 Å². The van der Waals surface area contributed by atoms with Gasteiger partial charge < -0.3 is 14.2 Å². The number of pyridine rings is 1. The number of amides is 1. The van der Waals surface area contributed by atoms with Crippen LogP contribution >= 0.6 is 11.6 Å². The van der Waals surface area contributed by atoms with Crippen molar-refractivity contribution in [2.75, 3.05) is 13.1 Å². The van der Waals surface area contributed by atoms with E-state index in [1.807, 2.05) is 6.92 Å². The van der Waals surface area contributed by atoms with Gasteiger partial charge in [-0.15, -0.1) is 0 Å². The van der Waals surface area contributed by atoms with E-state index < -0.39 is 17.9 Å². The minimum atomic E-state index is -1.52. The highest BCUT2D eigenvalue weighted by molar-refractivity contribution is 6.33. The fourth-order valence-electron chi connectivity index (χ4n) is 5.38. The lowest BCUT2D eigenvalue weighted by atomic mass is 10.0. The third-order valence-electron chi connectivity index (χ3n) is 7.24. The molecule has 3 aromatic heterocycles. The Kier molecular flexibility index (Phi) is 6.79. The number of imidazole rings is 1. The number of aromatic nitrogens is 5. The molecule has 1 saturated heterocycles. The molecule has 1 aliphatic rings. The maximum atomic E-state index is 15.4. The molecule has 8 nitrogen and oxygen atoms in total. The topological polar surface area (TPSA) is 86.0 Å². The molecule has 0 radical (unpaired) electrons. The van der Waals surface area contributed by atoms with Crippen LogP contribution < -0.4 is 4.74 Å². The van der Waals surface area contributed by atoms with Crippen molar-refractivity contribution >= 4 is 39.4 Å². The standard InChI is InChI=1S/C29H25ClF2N6O2/c1-16(31)28(39)37-10-6-18(7-11-37)38-17(2)36-26-15-35-25-14-24(32)21(13-22(25)27(26)38)20-5-4-19(12-23(20)30)40-29-33-8-3-9-34-29/h3-5,8-9,12-16,18H,6-7,10-11H2,1-2H3/t16-/m0/s1. The van der Waals surface area contributed by atoms with E-state index in [-0.39, 0.29) is 12.1 Å². The quantitative estimate of drug-likeness (QED) is 0.244. The molecule has 1 fully saturated rings. The maximum absolute atomic E-state index is 15.4. The number of hydrogen-bond donors (Lipinski definition) is 0. The fourth-order valence-corrected chi connectivity index (χ4v) is 5.66. The molecule has 0 bridgehead atoms. The van der Waals surface area contributed by atoms with Crippen molar-refractivity contribution in [3.63, 3.8) is 0 Å². The number of rotatable bonds is 5. The highest BCUT2D eigenvalue weighted by Crippen LogP contribution is 2.38. The Morgan fingerprint density at radius 1 is 1.07 bits per heavy atom. The van der Waals surface area contributed by atoms with E-state index in [0.29, 0.717) is 58.9 Å². The summed E-state index contributed by atoms with van der Waals surface area (Å²) >= 11 is 6.61. The summed E-state index contributed by atoms with van der Waals surface area (Å²) in [6.07, 6.45) is 4.57. The van der Waals surface area contributed by atoms with E-state index >= 15 is 4.39 Å². The molecule has 0 N–H and O–H groups in total. The van der Waals surface area contributed by atoms with E-state index in [1.165, 1.54) is 13.0 Å². The van der Waals surface area contributed by atoms with Crippen LogP contribution in [-0.4, -0.2) is 54.6 Å². The van der Waals surface area contributed by atoms with Crippen molar-refractivity contribution in [1.29, 1.82) is 0 Å². The van der Waals surface area contributed by atoms with Crippen LogP contribution in [-0.2, 0) is 4.79 Å². The molecule has 11 heteroatoms. The molecule has 1 amide bonds. The van der Waals surface area contributed by atoms with Crippen LogP contribution in [0.1, 0.15) is 31.6 Å². The molecule has 204 valence electrons. The van der Waals surface area contributed by atoms with Crippen molar-refractivity contribution in [3.8, 4) is 22.9 Å². The Bertz CT molecular complexity index is 1740. The fraction of sp³-hybridized carbons (Fsp3) is 0.276. The highest BCUT2D eigenvalue weighted by atomic mass is 35.5. The lowest BCUT2D eigenvalue weighted by molar-refractivity contribution is -0.137. The highest BCUT2D eigenvalue weighted by Gasteiger charge is 2.29. The minimum Gasteiger partial charge on any atom is -0.424 e. The van der Waals surface area contributed by atoms with Gasteiger partial charge in [0.1, 0.15) is 22.9 Å². The van der Waals surface area contributed by atoms with Gasteiger partial charge >= 0.3 is 6.01 Å². The Hall–Kier alpha value is -4.18. The van der Waals surface area contributed by atoms with E-state index in [4.69, 9.17) is 21.3 Å². The Labute approximate surface area is 233 Å². The number of carbonyl (C=O) groups excluding carboxylic acids is 1. The van der Waals surface area contributed by atoms with E-state index in [2.05, 4.69) is 19.5 Å². The summed E-state index contributed by atoms with van der Waals surface area (Å²) < 4.78 is 36.8. The summed E-state index contributed by atoms with van der Waals surface area (Å²) in [6, 6.07) is 10.0. The molecule has 0 spiro atoms. The summed E-state index contributed by atoms with van der Waals surface area (Å²) in [5, 5.41) is 1.04. The van der Waals surface area contributed by atoms with Crippen molar-refractivity contribution in [1.82, 2.24) is 29.4 Å². The molecule has 5 aromatic rings. The first-order valence-electron chi connectivity index (χ1n) is 12.9. The van der Waals surface area contributed by atoms with E-state index in [9.17, 15) is 9.18 Å². The average Bonchev–Trinajstić information content (AvgIpc) is 3.29. The molecule has 2 aromatic carbocycles. The second-order valence-corrected chi connectivity index (χ2v) is 10.2. The third-order valence-corrected chi connectivity index (χ3v) is 7.56. The van der Waals surface area contributed by atoms with Crippen LogP contribution in [0.5, 0.6) is 11.8 Å². The first-order chi connectivity index (χ1) is 19.3. The Morgan fingerprint density at radius 3 is 2.52 bits per heavy atom. The smallest absolute Gasteiger partial charge is 0.321 e. The first-order valence-corrected chi connectivity index (χ1v) is 13.3. The van der Waals surface area contributed by atoms with Crippen LogP contribution in [0.25, 0.3) is 33.1 Å². The van der Waals surface area contributed by atoms with Crippen molar-refractivity contribution < 1.29 is 18.3 Å². The number of alkyl halides is 1. The predicted molar refractivity (Wildman–Crippen MR) is 148 cm³/mol. The number of aryl methyl sites for hydroxylation is 1. The van der Waals surface area contributed by atoms with Crippen molar-refractivity contribution in [3.05, 3.63) is 71.7 Å². The van der Waals surface area contributed by atoms with Gasteiger partial charge in [0.25, 0.3) is 5.91 Å². The van der Waals surface area contributed by atoms with Crippen LogP contribution in [0.2, 0.25) is 5.02 Å². The number of carbonyl (C=O) groups is 1. The summed E-state index contributed by atoms with van der Waals surface area (Å²) in [5.74, 6) is 0.272. The third kappa shape index (κ3) is 4.72. The number of ether oxygens (including phenoxy) is 1. The normalized spacial score (nSPS) is 15.1. The molecule has 40 heavy (non-hydrogen) atoms. The summed E-state index contributed by atoms with van der Waals surface area (Å²) in [4.78, 5) is 31.0. The van der Waals surface area contributed by atoms with Gasteiger partial charge in [0.15, 0.2) is 6.17 Å². The van der Waals surface area contributed by atoms with Gasteiger partial charge in [-0.1, -0.05) is 11.6 Å². The molecule has 1 aliphatic heterocycles. The summed E-state index contributed by atoms with van der Waals surface area (Å²) in [6.45, 7) is 4.10. The van der Waals surface area contributed by atoms with Gasteiger partial charge in [0.2, 0.25) is 0 Å². The second kappa shape index (κ2) is 10.4. The maximum Gasteiger partial charge on any atom is 0.321 e. The van der Waals surface area contributed by atoms with Gasteiger partial charge in [0, 0.05) is 60.2 Å². The SMILES string of the molecule is Cc1nc2cnc3cc(F)c(-c4ccc(Oc5ncccn5)cc4Cl)cc3c2n1C1CCN(C(=O)[C@H](C)F)CC1. The van der Waals surface area contributed by atoms with Crippen molar-refractivity contribution in [2.24, 2.45) is 0 Å². The molecular formula is C29H25ClF2N6O2. The Morgan fingerprint density at radius 2 is 1.82 bits per heavy atom. The number of hydrogen-bond acceptors (Lipinski definition) is 6. The van der Waals surface area contributed by atoms with E-state index in [1.54, 1.807) is 53.8 Å². The average molecular weight is 563 g/mol. The lowest BCUT2D eigenvalue weighted by Gasteiger charge is -2.34. The molecule has 4 heterocycles. The Balaban J connectivity index is 1.39. The zero-order valence-corrected chi connectivity index (χ0v) is 22.6. The van der Waals surface area contributed by atoms with Crippen molar-refractivity contribution in [2.45, 2.75) is 38.9 Å². The number of nitrogens with zero attached hydrogens (tertiary/aromatic N) is 6. The first kappa shape index (κ1) is 26.1. The number of piperidine rings is 1. The zero-order valence-electron chi connectivity index (χ0n) is 21.8. The molecule has 0 saturated carbocycles. The molecule has 0 unspecified atom stereocenters. The van der Waals surface area contributed by atoms with Crippen LogP contribution in [0.15, 0.2) is 55.0 Å². The summed E-state index contributed by atoms with van der Waals surface area (Å²) in [7, 11) is 0. The van der Waals surface area contributed by atoms with Gasteiger partial charge in [0.05, 0.1) is 22.3 Å². The van der Waals surface area contributed by atoms with E-state index in [0.717, 1.165) is 16.7 Å². The number of fused-ring (bicyclic) bond motifs is 3. The number of likely N-dealkylation sites (tertiary alicyclic amines) is 1. The molecule has 6 rings (SSSR count). The van der Waals surface area contributed by atoms with Crippen LogP contribution in [0, 0.1) is 12.7 Å². The number of benzene rings is 2. The molecule has 1 atom stereocenters. The summed E-state index contributed by atoms with van der Waals surface area (Å²) in [5.41, 5.74) is 2.83. The monoisotopic (exact) mass is 562 g/mol. The number of halogens is 3. The van der Waals surface area contributed by atoms with Gasteiger partial charge in [-0.2, -0.15) is 0 Å². The van der Waals surface area contributed by atoms with Crippen LogP contribution in [0.4, 0.5) is 8.78 Å². The largest absolute Gasteiger partial charge is 0.424 e. The van der Waals surface area contributed by atoms with Gasteiger partial charge in [-0.05, 0) is 51.0 Å². The molecule has 0 aliphatic carbocycles. The minimum absolute atomic E-state index is 0.0447. The predicted octanol–water partition coefficient (Wildman–Crippen LogP) is 6.46.